The van der Waals surface area contributed by atoms with Crippen LogP contribution in [0.1, 0.15) is 31.4 Å². The molecule has 1 aliphatic rings. The van der Waals surface area contributed by atoms with Gasteiger partial charge in [0.05, 0.1) is 29.6 Å². The molecule has 2 aromatic carbocycles. The number of halogens is 2. The van der Waals surface area contributed by atoms with Crippen molar-refractivity contribution in [2.75, 3.05) is 19.8 Å². The van der Waals surface area contributed by atoms with Crippen molar-refractivity contribution in [3.8, 4) is 11.5 Å². The fraction of sp³-hybridized carbons (Fsp3) is 0.292. The number of nitrogens with zero attached hydrogens (tertiary/aromatic N) is 1. The summed E-state index contributed by atoms with van der Waals surface area (Å²) in [7, 11) is 0. The van der Waals surface area contributed by atoms with Gasteiger partial charge in [0.2, 0.25) is 0 Å². The molecule has 1 amide bonds. The molecule has 3 rings (SSSR count). The predicted molar refractivity (Wildman–Crippen MR) is 134 cm³/mol. The monoisotopic (exact) mass is 523 g/mol. The first-order chi connectivity index (χ1) is 16.3. The molecule has 6 nitrogen and oxygen atoms in total. The van der Waals surface area contributed by atoms with Crippen LogP contribution in [-0.2, 0) is 20.9 Å². The Hall–Kier alpha value is -2.62. The standard InChI is InChI=1S/C24H23ClFNO5S2/c1-3-30-20-12-15(8-9-19(20)32-14-16-17(25)6-5-7-18(16)26)13-21-23(29)27(24(33)34-21)11-10-22(28)31-4-2/h5-9,12-13H,3-4,10-11,14H2,1-2H3/b21-13+. The Kier molecular flexibility index (Phi) is 9.32. The van der Waals surface area contributed by atoms with Crippen LogP contribution in [0.5, 0.6) is 11.5 Å². The number of thiocarbonyl (C=S) groups is 1. The van der Waals surface area contributed by atoms with E-state index in [4.69, 9.17) is 38.0 Å². The third-order valence-corrected chi connectivity index (χ3v) is 6.45. The van der Waals surface area contributed by atoms with E-state index in [2.05, 4.69) is 0 Å². The first kappa shape index (κ1) is 26.0. The molecule has 0 atom stereocenters. The Morgan fingerprint density at radius 2 is 1.97 bits per heavy atom. The number of esters is 1. The number of amides is 1. The summed E-state index contributed by atoms with van der Waals surface area (Å²) < 4.78 is 30.8. The summed E-state index contributed by atoms with van der Waals surface area (Å²) in [6.45, 7) is 4.32. The van der Waals surface area contributed by atoms with E-state index in [-0.39, 0.29) is 48.6 Å². The molecule has 0 spiro atoms. The number of ether oxygens (including phenoxy) is 3. The summed E-state index contributed by atoms with van der Waals surface area (Å²) in [6.07, 6.45) is 1.77. The van der Waals surface area contributed by atoms with Gasteiger partial charge < -0.3 is 14.2 Å². The maximum atomic E-state index is 14.1. The van der Waals surface area contributed by atoms with Gasteiger partial charge in [-0.1, -0.05) is 47.7 Å². The molecule has 2 aromatic rings. The Balaban J connectivity index is 1.75. The van der Waals surface area contributed by atoms with Crippen LogP contribution in [0.2, 0.25) is 5.02 Å². The summed E-state index contributed by atoms with van der Waals surface area (Å²) in [5.41, 5.74) is 0.952. The SMILES string of the molecule is CCOC(=O)CCN1C(=O)/C(=C\c2ccc(OCc3c(F)cccc3Cl)c(OCC)c2)SC1=S. The van der Waals surface area contributed by atoms with Gasteiger partial charge in [0.25, 0.3) is 5.91 Å². The van der Waals surface area contributed by atoms with E-state index in [1.165, 1.54) is 17.0 Å². The minimum absolute atomic E-state index is 0.0654. The molecule has 0 aromatic heterocycles. The fourth-order valence-electron chi connectivity index (χ4n) is 3.10. The lowest BCUT2D eigenvalue weighted by molar-refractivity contribution is -0.143. The number of hydrogen-bond donors (Lipinski definition) is 0. The molecule has 34 heavy (non-hydrogen) atoms. The zero-order valence-electron chi connectivity index (χ0n) is 18.6. The van der Waals surface area contributed by atoms with Crippen molar-refractivity contribution in [3.05, 3.63) is 63.3 Å². The third-order valence-electron chi connectivity index (χ3n) is 4.72. The van der Waals surface area contributed by atoms with Crippen LogP contribution in [0.4, 0.5) is 4.39 Å². The number of thioether (sulfide) groups is 1. The van der Waals surface area contributed by atoms with Gasteiger partial charge in [-0.2, -0.15) is 0 Å². The second kappa shape index (κ2) is 12.2. The number of carbonyl (C=O) groups is 2. The fourth-order valence-corrected chi connectivity index (χ4v) is 4.63. The maximum Gasteiger partial charge on any atom is 0.307 e. The van der Waals surface area contributed by atoms with E-state index in [0.29, 0.717) is 32.9 Å². The summed E-state index contributed by atoms with van der Waals surface area (Å²) in [5.74, 6) is -0.241. The van der Waals surface area contributed by atoms with E-state index in [1.807, 2.05) is 6.92 Å². The molecule has 1 heterocycles. The number of benzene rings is 2. The molecule has 0 unspecified atom stereocenters. The minimum Gasteiger partial charge on any atom is -0.490 e. The zero-order chi connectivity index (χ0) is 24.7. The van der Waals surface area contributed by atoms with Gasteiger partial charge in [-0.3, -0.25) is 14.5 Å². The van der Waals surface area contributed by atoms with Crippen LogP contribution in [0, 0.1) is 5.82 Å². The van der Waals surface area contributed by atoms with E-state index < -0.39 is 5.82 Å². The Bertz CT molecular complexity index is 1100. The van der Waals surface area contributed by atoms with Crippen molar-refractivity contribution in [1.82, 2.24) is 4.90 Å². The molecular formula is C24H23ClFNO5S2. The van der Waals surface area contributed by atoms with E-state index in [1.54, 1.807) is 37.3 Å². The molecule has 0 aliphatic carbocycles. The highest BCUT2D eigenvalue weighted by Crippen LogP contribution is 2.35. The lowest BCUT2D eigenvalue weighted by Crippen LogP contribution is -2.30. The maximum absolute atomic E-state index is 14.1. The van der Waals surface area contributed by atoms with Gasteiger partial charge in [-0.15, -0.1) is 0 Å². The van der Waals surface area contributed by atoms with Gasteiger partial charge in [0.15, 0.2) is 11.5 Å². The van der Waals surface area contributed by atoms with Gasteiger partial charge >= 0.3 is 5.97 Å². The largest absolute Gasteiger partial charge is 0.490 e. The zero-order valence-corrected chi connectivity index (χ0v) is 21.0. The minimum atomic E-state index is -0.452. The van der Waals surface area contributed by atoms with Crippen molar-refractivity contribution in [3.63, 3.8) is 0 Å². The van der Waals surface area contributed by atoms with Gasteiger partial charge in [-0.05, 0) is 49.8 Å². The van der Waals surface area contributed by atoms with Crippen molar-refractivity contribution in [2.45, 2.75) is 26.9 Å². The molecule has 0 bridgehead atoms. The van der Waals surface area contributed by atoms with Gasteiger partial charge in [0, 0.05) is 12.1 Å². The first-order valence-corrected chi connectivity index (χ1v) is 12.2. The average Bonchev–Trinajstić information content (AvgIpc) is 3.06. The highest BCUT2D eigenvalue weighted by atomic mass is 35.5. The van der Waals surface area contributed by atoms with Crippen LogP contribution in [0.25, 0.3) is 6.08 Å². The normalized spacial score (nSPS) is 14.6. The first-order valence-electron chi connectivity index (χ1n) is 10.6. The molecule has 1 saturated heterocycles. The number of hydrogen-bond acceptors (Lipinski definition) is 7. The Morgan fingerprint density at radius 3 is 2.68 bits per heavy atom. The lowest BCUT2D eigenvalue weighted by Gasteiger charge is -2.14. The second-order valence-corrected chi connectivity index (χ2v) is 9.10. The van der Waals surface area contributed by atoms with Crippen molar-refractivity contribution in [1.29, 1.82) is 0 Å². The predicted octanol–water partition coefficient (Wildman–Crippen LogP) is 5.61. The number of carbonyl (C=O) groups excluding carboxylic acids is 2. The van der Waals surface area contributed by atoms with E-state index in [0.717, 1.165) is 11.8 Å². The molecular weight excluding hydrogens is 501 g/mol. The van der Waals surface area contributed by atoms with Crippen LogP contribution in [0.3, 0.4) is 0 Å². The summed E-state index contributed by atoms with van der Waals surface area (Å²) in [5, 5.41) is 0.277. The van der Waals surface area contributed by atoms with Crippen LogP contribution >= 0.6 is 35.6 Å². The van der Waals surface area contributed by atoms with Crippen molar-refractivity contribution in [2.24, 2.45) is 0 Å². The molecule has 1 aliphatic heterocycles. The average molecular weight is 524 g/mol. The highest BCUT2D eigenvalue weighted by Gasteiger charge is 2.32. The molecule has 0 saturated carbocycles. The molecule has 0 N–H and O–H groups in total. The third kappa shape index (κ3) is 6.49. The second-order valence-electron chi connectivity index (χ2n) is 7.02. The highest BCUT2D eigenvalue weighted by molar-refractivity contribution is 8.26. The Labute approximate surface area is 212 Å². The Morgan fingerprint density at radius 1 is 1.18 bits per heavy atom. The summed E-state index contributed by atoms with van der Waals surface area (Å²) in [6, 6.07) is 9.62. The summed E-state index contributed by atoms with van der Waals surface area (Å²) in [4.78, 5) is 26.2. The van der Waals surface area contributed by atoms with E-state index in [9.17, 15) is 14.0 Å². The molecule has 0 radical (unpaired) electrons. The molecule has 1 fully saturated rings. The summed E-state index contributed by atoms with van der Waals surface area (Å²) >= 11 is 12.5. The number of rotatable bonds is 10. The topological polar surface area (TPSA) is 65.1 Å². The van der Waals surface area contributed by atoms with Crippen LogP contribution < -0.4 is 9.47 Å². The van der Waals surface area contributed by atoms with Crippen molar-refractivity contribution < 1.29 is 28.2 Å². The van der Waals surface area contributed by atoms with Gasteiger partial charge in [-0.25, -0.2) is 4.39 Å². The molecule has 10 heteroatoms. The smallest absolute Gasteiger partial charge is 0.307 e. The van der Waals surface area contributed by atoms with Crippen LogP contribution in [0.15, 0.2) is 41.3 Å². The van der Waals surface area contributed by atoms with Gasteiger partial charge in [0.1, 0.15) is 16.7 Å². The van der Waals surface area contributed by atoms with Crippen molar-refractivity contribution >= 4 is 57.9 Å². The lowest BCUT2D eigenvalue weighted by atomic mass is 10.1. The van der Waals surface area contributed by atoms with E-state index >= 15 is 0 Å². The molecule has 180 valence electrons. The van der Waals surface area contributed by atoms with Crippen LogP contribution in [-0.4, -0.2) is 40.9 Å². The quantitative estimate of drug-likeness (QED) is 0.228.